The lowest BCUT2D eigenvalue weighted by atomic mass is 9.87. The first-order chi connectivity index (χ1) is 7.44. The van der Waals surface area contributed by atoms with Gasteiger partial charge in [0.1, 0.15) is 0 Å². The maximum atomic E-state index is 5.98. The minimum absolute atomic E-state index is 0.385. The molecule has 0 aliphatic carbocycles. The second kappa shape index (κ2) is 6.02. The average Bonchev–Trinajstić information content (AvgIpc) is 2.38. The average molecular weight is 226 g/mol. The van der Waals surface area contributed by atoms with Crippen molar-refractivity contribution in [2.75, 3.05) is 13.1 Å². The van der Waals surface area contributed by atoms with Crippen LogP contribution in [0.25, 0.3) is 0 Å². The third kappa shape index (κ3) is 4.42. The van der Waals surface area contributed by atoms with Gasteiger partial charge in [-0.1, -0.05) is 33.6 Å². The summed E-state index contributed by atoms with van der Waals surface area (Å²) < 4.78 is 0. The molecule has 0 amide bonds. The minimum atomic E-state index is 0.385. The number of hydrogen-bond acceptors (Lipinski definition) is 2. The van der Waals surface area contributed by atoms with E-state index < -0.39 is 0 Å². The number of rotatable bonds is 3. The zero-order chi connectivity index (χ0) is 12.2. The van der Waals surface area contributed by atoms with Gasteiger partial charge in [0.05, 0.1) is 0 Å². The van der Waals surface area contributed by atoms with Crippen LogP contribution in [0.3, 0.4) is 0 Å². The van der Waals surface area contributed by atoms with Crippen LogP contribution >= 0.6 is 0 Å². The standard InChI is InChI=1S/C14H30N2/c1-12-8-6-5-7-9-16(12)13(11-15)10-14(2,3)4/h12-13H,5-11,15H2,1-4H3. The Kier molecular flexibility index (Phi) is 5.26. The number of likely N-dealkylation sites (tertiary alicyclic amines) is 1. The molecular weight excluding hydrogens is 196 g/mol. The van der Waals surface area contributed by atoms with Gasteiger partial charge in [-0.05, 0) is 38.1 Å². The number of nitrogens with two attached hydrogens (primary N) is 1. The van der Waals surface area contributed by atoms with Crippen LogP contribution in [0.1, 0.15) is 59.8 Å². The van der Waals surface area contributed by atoms with Gasteiger partial charge in [0.25, 0.3) is 0 Å². The summed E-state index contributed by atoms with van der Waals surface area (Å²) >= 11 is 0. The van der Waals surface area contributed by atoms with Crippen molar-refractivity contribution in [2.45, 2.75) is 71.9 Å². The molecule has 0 aromatic heterocycles. The smallest absolute Gasteiger partial charge is 0.0226 e. The van der Waals surface area contributed by atoms with Crippen molar-refractivity contribution in [1.29, 1.82) is 0 Å². The first-order valence-corrected chi connectivity index (χ1v) is 6.90. The second-order valence-corrected chi connectivity index (χ2v) is 6.59. The third-order valence-corrected chi connectivity index (χ3v) is 3.69. The van der Waals surface area contributed by atoms with Crippen molar-refractivity contribution >= 4 is 0 Å². The van der Waals surface area contributed by atoms with Gasteiger partial charge < -0.3 is 5.73 Å². The lowest BCUT2D eigenvalue weighted by Crippen LogP contribution is -2.47. The fraction of sp³-hybridized carbons (Fsp3) is 1.00. The topological polar surface area (TPSA) is 29.3 Å². The highest BCUT2D eigenvalue weighted by Crippen LogP contribution is 2.27. The first-order valence-electron chi connectivity index (χ1n) is 6.90. The normalized spacial score (nSPS) is 26.4. The molecule has 1 rings (SSSR count). The van der Waals surface area contributed by atoms with E-state index >= 15 is 0 Å². The third-order valence-electron chi connectivity index (χ3n) is 3.69. The predicted octanol–water partition coefficient (Wildman–Crippen LogP) is 3.01. The van der Waals surface area contributed by atoms with Crippen LogP contribution in [0.15, 0.2) is 0 Å². The van der Waals surface area contributed by atoms with E-state index in [4.69, 9.17) is 5.73 Å². The van der Waals surface area contributed by atoms with Crippen molar-refractivity contribution in [3.63, 3.8) is 0 Å². The molecule has 1 aliphatic heterocycles. The van der Waals surface area contributed by atoms with Crippen molar-refractivity contribution in [2.24, 2.45) is 11.1 Å². The summed E-state index contributed by atoms with van der Waals surface area (Å²) in [6.45, 7) is 11.4. The maximum Gasteiger partial charge on any atom is 0.0226 e. The van der Waals surface area contributed by atoms with Gasteiger partial charge in [0.15, 0.2) is 0 Å². The molecule has 2 unspecified atom stereocenters. The van der Waals surface area contributed by atoms with E-state index in [1.807, 2.05) is 0 Å². The van der Waals surface area contributed by atoms with E-state index in [1.165, 1.54) is 38.6 Å². The van der Waals surface area contributed by atoms with E-state index in [1.54, 1.807) is 0 Å². The highest BCUT2D eigenvalue weighted by atomic mass is 15.2. The number of nitrogens with zero attached hydrogens (tertiary/aromatic N) is 1. The van der Waals surface area contributed by atoms with Crippen LogP contribution in [0.2, 0.25) is 0 Å². The van der Waals surface area contributed by atoms with Gasteiger partial charge in [0.2, 0.25) is 0 Å². The molecule has 0 saturated carbocycles. The van der Waals surface area contributed by atoms with Crippen LogP contribution < -0.4 is 5.73 Å². The van der Waals surface area contributed by atoms with Gasteiger partial charge >= 0.3 is 0 Å². The molecule has 2 nitrogen and oxygen atoms in total. The summed E-state index contributed by atoms with van der Waals surface area (Å²) in [7, 11) is 0. The summed E-state index contributed by atoms with van der Waals surface area (Å²) in [4.78, 5) is 2.66. The number of hydrogen-bond donors (Lipinski definition) is 1. The monoisotopic (exact) mass is 226 g/mol. The summed E-state index contributed by atoms with van der Waals surface area (Å²) in [5, 5.41) is 0. The molecule has 0 bridgehead atoms. The van der Waals surface area contributed by atoms with Crippen LogP contribution in [0.4, 0.5) is 0 Å². The van der Waals surface area contributed by atoms with Gasteiger partial charge in [-0.3, -0.25) is 4.90 Å². The molecule has 16 heavy (non-hydrogen) atoms. The summed E-state index contributed by atoms with van der Waals surface area (Å²) in [6, 6.07) is 1.30. The molecule has 2 atom stereocenters. The zero-order valence-electron chi connectivity index (χ0n) is 11.6. The van der Waals surface area contributed by atoms with Crippen LogP contribution in [-0.4, -0.2) is 30.1 Å². The van der Waals surface area contributed by atoms with Gasteiger partial charge in [-0.15, -0.1) is 0 Å². The lowest BCUT2D eigenvalue weighted by Gasteiger charge is -2.38. The van der Waals surface area contributed by atoms with Crippen LogP contribution in [0.5, 0.6) is 0 Å². The highest BCUT2D eigenvalue weighted by Gasteiger charge is 2.27. The van der Waals surface area contributed by atoms with Crippen molar-refractivity contribution in [3.05, 3.63) is 0 Å². The Morgan fingerprint density at radius 2 is 1.94 bits per heavy atom. The Bertz CT molecular complexity index is 195. The Hall–Kier alpha value is -0.0800. The van der Waals surface area contributed by atoms with E-state index in [-0.39, 0.29) is 0 Å². The molecule has 2 N–H and O–H groups in total. The molecule has 2 heteroatoms. The van der Waals surface area contributed by atoms with Crippen LogP contribution in [0, 0.1) is 5.41 Å². The minimum Gasteiger partial charge on any atom is -0.329 e. The molecule has 0 aromatic rings. The maximum absolute atomic E-state index is 5.98. The van der Waals surface area contributed by atoms with Gasteiger partial charge in [0, 0.05) is 18.6 Å². The molecule has 0 spiro atoms. The van der Waals surface area contributed by atoms with Crippen molar-refractivity contribution in [3.8, 4) is 0 Å². The van der Waals surface area contributed by atoms with Crippen molar-refractivity contribution < 1.29 is 0 Å². The summed E-state index contributed by atoms with van der Waals surface area (Å²) in [5.74, 6) is 0. The second-order valence-electron chi connectivity index (χ2n) is 6.59. The lowest BCUT2D eigenvalue weighted by molar-refractivity contribution is 0.115. The summed E-state index contributed by atoms with van der Waals surface area (Å²) in [5.41, 5.74) is 6.37. The Morgan fingerprint density at radius 1 is 1.25 bits per heavy atom. The molecule has 1 saturated heterocycles. The zero-order valence-corrected chi connectivity index (χ0v) is 11.6. The first kappa shape index (κ1) is 14.0. The Morgan fingerprint density at radius 3 is 2.50 bits per heavy atom. The van der Waals surface area contributed by atoms with E-state index in [0.29, 0.717) is 11.5 Å². The molecule has 0 radical (unpaired) electrons. The Labute approximate surface area is 102 Å². The molecular formula is C14H30N2. The van der Waals surface area contributed by atoms with E-state index in [9.17, 15) is 0 Å². The fourth-order valence-electron chi connectivity index (χ4n) is 2.88. The quantitative estimate of drug-likeness (QED) is 0.801. The molecule has 96 valence electrons. The Balaban J connectivity index is 2.62. The fourth-order valence-corrected chi connectivity index (χ4v) is 2.88. The molecule has 1 heterocycles. The van der Waals surface area contributed by atoms with E-state index in [2.05, 4.69) is 32.6 Å². The SMILES string of the molecule is CC1CCCCCN1C(CN)CC(C)(C)C. The largest absolute Gasteiger partial charge is 0.329 e. The van der Waals surface area contributed by atoms with Gasteiger partial charge in [-0.2, -0.15) is 0 Å². The molecule has 1 aliphatic rings. The highest BCUT2D eigenvalue weighted by molar-refractivity contribution is 4.83. The van der Waals surface area contributed by atoms with Crippen molar-refractivity contribution in [1.82, 2.24) is 4.90 Å². The molecule has 0 aromatic carbocycles. The summed E-state index contributed by atoms with van der Waals surface area (Å²) in [6.07, 6.45) is 6.71. The van der Waals surface area contributed by atoms with Gasteiger partial charge in [-0.25, -0.2) is 0 Å². The predicted molar refractivity (Wildman–Crippen MR) is 71.6 cm³/mol. The molecule has 1 fully saturated rings. The van der Waals surface area contributed by atoms with Crippen LogP contribution in [-0.2, 0) is 0 Å². The van der Waals surface area contributed by atoms with E-state index in [0.717, 1.165) is 12.6 Å².